The van der Waals surface area contributed by atoms with E-state index in [9.17, 15) is 10.2 Å². The first-order chi connectivity index (χ1) is 7.67. The molecular formula is C13H18O3. The average Bonchev–Trinajstić information content (AvgIpc) is 2.70. The molecule has 1 aromatic carbocycles. The van der Waals surface area contributed by atoms with Crippen molar-refractivity contribution in [1.29, 1.82) is 0 Å². The van der Waals surface area contributed by atoms with Crippen molar-refractivity contribution in [3.63, 3.8) is 0 Å². The van der Waals surface area contributed by atoms with Gasteiger partial charge in [0.2, 0.25) is 0 Å². The van der Waals surface area contributed by atoms with Crippen LogP contribution in [0.5, 0.6) is 5.75 Å². The lowest BCUT2D eigenvalue weighted by atomic mass is 9.85. The Balaban J connectivity index is 2.02. The van der Waals surface area contributed by atoms with E-state index in [1.807, 2.05) is 25.1 Å². The van der Waals surface area contributed by atoms with Crippen LogP contribution in [-0.2, 0) is 6.42 Å². The number of rotatable bonds is 4. The molecule has 0 bridgehead atoms. The minimum atomic E-state index is -0.452. The molecule has 0 radical (unpaired) electrons. The van der Waals surface area contributed by atoms with Crippen molar-refractivity contribution >= 4 is 0 Å². The molecule has 1 aromatic rings. The number of hydrogen-bond donors (Lipinski definition) is 2. The summed E-state index contributed by atoms with van der Waals surface area (Å²) in [5.41, 5.74) is 0.762. The van der Waals surface area contributed by atoms with Gasteiger partial charge >= 0.3 is 0 Å². The minimum Gasteiger partial charge on any atom is -0.490 e. The van der Waals surface area contributed by atoms with Gasteiger partial charge in [0, 0.05) is 11.8 Å². The lowest BCUT2D eigenvalue weighted by molar-refractivity contribution is 0.0322. The van der Waals surface area contributed by atoms with Crippen LogP contribution >= 0.6 is 0 Å². The average molecular weight is 222 g/mol. The molecule has 16 heavy (non-hydrogen) atoms. The maximum atomic E-state index is 9.25. The van der Waals surface area contributed by atoms with E-state index in [-0.39, 0.29) is 19.3 Å². The van der Waals surface area contributed by atoms with Gasteiger partial charge in [-0.3, -0.25) is 0 Å². The largest absolute Gasteiger partial charge is 0.490 e. The summed E-state index contributed by atoms with van der Waals surface area (Å²) in [6.07, 6.45) is 1.61. The first-order valence-electron chi connectivity index (χ1n) is 5.63. The van der Waals surface area contributed by atoms with Crippen molar-refractivity contribution in [1.82, 2.24) is 0 Å². The molecule has 2 rings (SSSR count). The van der Waals surface area contributed by atoms with E-state index in [0.29, 0.717) is 6.42 Å². The number of para-hydroxylation sites is 1. The fourth-order valence-corrected chi connectivity index (χ4v) is 2.10. The molecule has 1 aliphatic rings. The van der Waals surface area contributed by atoms with Gasteiger partial charge in [0.25, 0.3) is 0 Å². The molecule has 3 heteroatoms. The molecule has 0 saturated carbocycles. The molecule has 0 amide bonds. The molecule has 0 fully saturated rings. The molecule has 1 aliphatic heterocycles. The van der Waals surface area contributed by atoms with Gasteiger partial charge in [-0.15, -0.1) is 0 Å². The second kappa shape index (κ2) is 4.44. The Morgan fingerprint density at radius 1 is 1.31 bits per heavy atom. The number of ether oxygens (including phenoxy) is 1. The molecule has 1 heterocycles. The molecule has 0 aliphatic carbocycles. The maximum Gasteiger partial charge on any atom is 0.123 e. The minimum absolute atomic E-state index is 0.0142. The highest BCUT2D eigenvalue weighted by atomic mass is 16.5. The van der Waals surface area contributed by atoms with Crippen LogP contribution in [0.3, 0.4) is 0 Å². The zero-order valence-electron chi connectivity index (χ0n) is 9.52. The quantitative estimate of drug-likeness (QED) is 0.809. The highest BCUT2D eigenvalue weighted by Gasteiger charge is 2.31. The maximum absolute atomic E-state index is 9.25. The van der Waals surface area contributed by atoms with E-state index in [0.717, 1.165) is 12.2 Å². The van der Waals surface area contributed by atoms with Gasteiger partial charge in [0.15, 0.2) is 0 Å². The summed E-state index contributed by atoms with van der Waals surface area (Å²) < 4.78 is 5.78. The van der Waals surface area contributed by atoms with E-state index in [1.165, 1.54) is 5.56 Å². The third-order valence-electron chi connectivity index (χ3n) is 3.20. The van der Waals surface area contributed by atoms with Crippen LogP contribution in [0.4, 0.5) is 0 Å². The third-order valence-corrected chi connectivity index (χ3v) is 3.20. The van der Waals surface area contributed by atoms with E-state index >= 15 is 0 Å². The lowest BCUT2D eigenvalue weighted by Crippen LogP contribution is -2.32. The summed E-state index contributed by atoms with van der Waals surface area (Å²) >= 11 is 0. The molecular weight excluding hydrogens is 204 g/mol. The SMILES string of the molecule is CC(CO)(CO)CC1Cc2ccccc2O1. The first-order valence-corrected chi connectivity index (χ1v) is 5.63. The molecule has 88 valence electrons. The number of hydrogen-bond acceptors (Lipinski definition) is 3. The standard InChI is InChI=1S/C13H18O3/c1-13(8-14,9-15)7-11-6-10-4-2-3-5-12(10)16-11/h2-5,11,14-15H,6-9H2,1H3. The van der Waals surface area contributed by atoms with Crippen LogP contribution in [0, 0.1) is 5.41 Å². The Bertz CT molecular complexity index is 333. The Morgan fingerprint density at radius 2 is 2.00 bits per heavy atom. The second-order valence-corrected chi connectivity index (χ2v) is 4.88. The number of benzene rings is 1. The summed E-state index contributed by atoms with van der Waals surface area (Å²) in [5, 5.41) is 18.5. The van der Waals surface area contributed by atoms with Gasteiger partial charge in [-0.25, -0.2) is 0 Å². The zero-order chi connectivity index (χ0) is 11.6. The van der Waals surface area contributed by atoms with Crippen molar-refractivity contribution in [2.24, 2.45) is 5.41 Å². The van der Waals surface area contributed by atoms with Gasteiger partial charge in [-0.1, -0.05) is 25.1 Å². The van der Waals surface area contributed by atoms with Crippen LogP contribution in [0.2, 0.25) is 0 Å². The van der Waals surface area contributed by atoms with Gasteiger partial charge in [0.05, 0.1) is 13.2 Å². The van der Waals surface area contributed by atoms with Gasteiger partial charge in [-0.05, 0) is 18.1 Å². The predicted octanol–water partition coefficient (Wildman–Crippen LogP) is 1.37. The van der Waals surface area contributed by atoms with Gasteiger partial charge in [0.1, 0.15) is 11.9 Å². The van der Waals surface area contributed by atoms with Crippen molar-refractivity contribution in [3.05, 3.63) is 29.8 Å². The summed E-state index contributed by atoms with van der Waals surface area (Å²) in [4.78, 5) is 0. The first kappa shape index (κ1) is 11.4. The van der Waals surface area contributed by atoms with E-state index in [2.05, 4.69) is 6.07 Å². The Hall–Kier alpha value is -1.06. The van der Waals surface area contributed by atoms with Crippen LogP contribution < -0.4 is 4.74 Å². The monoisotopic (exact) mass is 222 g/mol. The summed E-state index contributed by atoms with van der Waals surface area (Å²) in [7, 11) is 0. The van der Waals surface area contributed by atoms with Crippen LogP contribution in [0.15, 0.2) is 24.3 Å². The van der Waals surface area contributed by atoms with Gasteiger partial charge < -0.3 is 14.9 Å². The molecule has 2 N–H and O–H groups in total. The normalized spacial score (nSPS) is 19.3. The highest BCUT2D eigenvalue weighted by Crippen LogP contribution is 2.33. The van der Waals surface area contributed by atoms with Crippen LogP contribution in [0.25, 0.3) is 0 Å². The zero-order valence-corrected chi connectivity index (χ0v) is 9.52. The predicted molar refractivity (Wildman–Crippen MR) is 61.5 cm³/mol. The summed E-state index contributed by atoms with van der Waals surface area (Å²) in [6, 6.07) is 7.98. The Kier molecular flexibility index (Phi) is 3.17. The molecule has 1 atom stereocenters. The number of fused-ring (bicyclic) bond motifs is 1. The van der Waals surface area contributed by atoms with Crippen LogP contribution in [-0.4, -0.2) is 29.5 Å². The van der Waals surface area contributed by atoms with Gasteiger partial charge in [-0.2, -0.15) is 0 Å². The summed E-state index contributed by atoms with van der Waals surface area (Å²) in [6.45, 7) is 1.85. The molecule has 0 spiro atoms. The Morgan fingerprint density at radius 3 is 2.62 bits per heavy atom. The summed E-state index contributed by atoms with van der Waals surface area (Å²) in [5.74, 6) is 0.936. The lowest BCUT2D eigenvalue weighted by Gasteiger charge is -2.27. The molecule has 0 aromatic heterocycles. The number of aliphatic hydroxyl groups excluding tert-OH is 2. The van der Waals surface area contributed by atoms with Crippen molar-refractivity contribution < 1.29 is 14.9 Å². The van der Waals surface area contributed by atoms with E-state index in [4.69, 9.17) is 4.74 Å². The number of aliphatic hydroxyl groups is 2. The third kappa shape index (κ3) is 2.20. The molecule has 0 saturated heterocycles. The smallest absolute Gasteiger partial charge is 0.123 e. The van der Waals surface area contributed by atoms with Crippen molar-refractivity contribution in [2.45, 2.75) is 25.9 Å². The second-order valence-electron chi connectivity index (χ2n) is 4.88. The fourth-order valence-electron chi connectivity index (χ4n) is 2.10. The van der Waals surface area contributed by atoms with Crippen molar-refractivity contribution in [2.75, 3.05) is 13.2 Å². The molecule has 3 nitrogen and oxygen atoms in total. The van der Waals surface area contributed by atoms with E-state index in [1.54, 1.807) is 0 Å². The Labute approximate surface area is 95.7 Å². The fraction of sp³-hybridized carbons (Fsp3) is 0.538. The highest BCUT2D eigenvalue weighted by molar-refractivity contribution is 5.37. The van der Waals surface area contributed by atoms with E-state index < -0.39 is 5.41 Å². The molecule has 1 unspecified atom stereocenters. The van der Waals surface area contributed by atoms with Crippen LogP contribution in [0.1, 0.15) is 18.9 Å². The topological polar surface area (TPSA) is 49.7 Å². The van der Waals surface area contributed by atoms with Crippen molar-refractivity contribution in [3.8, 4) is 5.75 Å².